The molecule has 1 N–H and O–H groups in total. The maximum Gasteiger partial charge on any atom is 0.0499 e. The van der Waals surface area contributed by atoms with Crippen molar-refractivity contribution in [2.45, 2.75) is 12.8 Å². The van der Waals surface area contributed by atoms with Crippen LogP contribution in [0.2, 0.25) is 0 Å². The number of likely N-dealkylation sites (N-methyl/N-ethyl adjacent to an activating group) is 1. The van der Waals surface area contributed by atoms with Gasteiger partial charge in [0, 0.05) is 25.1 Å². The molecule has 1 aromatic carbocycles. The van der Waals surface area contributed by atoms with Crippen molar-refractivity contribution in [3.63, 3.8) is 0 Å². The maximum absolute atomic E-state index is 9.26. The minimum atomic E-state index is 0.218. The highest BCUT2D eigenvalue weighted by Gasteiger charge is 2.42. The van der Waals surface area contributed by atoms with Crippen LogP contribution >= 0.6 is 0 Å². The van der Waals surface area contributed by atoms with Gasteiger partial charge in [0.15, 0.2) is 0 Å². The number of rotatable bonds is 6. The zero-order chi connectivity index (χ0) is 12.1. The van der Waals surface area contributed by atoms with Crippen molar-refractivity contribution < 1.29 is 5.11 Å². The summed E-state index contributed by atoms with van der Waals surface area (Å²) < 4.78 is 0. The minimum absolute atomic E-state index is 0.218. The van der Waals surface area contributed by atoms with Crippen molar-refractivity contribution in [2.24, 2.45) is 5.41 Å². The van der Waals surface area contributed by atoms with Gasteiger partial charge in [-0.2, -0.15) is 0 Å². The van der Waals surface area contributed by atoms with Crippen LogP contribution in [0.5, 0.6) is 0 Å². The van der Waals surface area contributed by atoms with Crippen molar-refractivity contribution in [3.05, 3.63) is 42.0 Å². The Labute approximate surface area is 104 Å². The van der Waals surface area contributed by atoms with E-state index in [4.69, 9.17) is 0 Å². The van der Waals surface area contributed by atoms with E-state index in [2.05, 4.69) is 36.2 Å². The first kappa shape index (κ1) is 12.3. The first-order chi connectivity index (χ1) is 8.24. The molecule has 0 unspecified atom stereocenters. The standard InChI is InChI=1S/C15H21NO/c1-16(12-15(13-17)9-10-15)11-5-8-14-6-3-2-4-7-14/h2-8,17H,9-13H2,1H3/b8-5+. The summed E-state index contributed by atoms with van der Waals surface area (Å²) in [7, 11) is 2.12. The van der Waals surface area contributed by atoms with Crippen molar-refractivity contribution in [3.8, 4) is 0 Å². The molecule has 17 heavy (non-hydrogen) atoms. The van der Waals surface area contributed by atoms with E-state index in [1.165, 1.54) is 18.4 Å². The molecule has 1 aliphatic carbocycles. The average molecular weight is 231 g/mol. The highest BCUT2D eigenvalue weighted by Crippen LogP contribution is 2.45. The van der Waals surface area contributed by atoms with Gasteiger partial charge in [-0.3, -0.25) is 0 Å². The Bertz CT molecular complexity index is 368. The average Bonchev–Trinajstić information content (AvgIpc) is 3.11. The van der Waals surface area contributed by atoms with Crippen LogP contribution < -0.4 is 0 Å². The summed E-state index contributed by atoms with van der Waals surface area (Å²) >= 11 is 0. The summed E-state index contributed by atoms with van der Waals surface area (Å²) in [6, 6.07) is 10.3. The molecule has 0 spiro atoms. The fraction of sp³-hybridized carbons (Fsp3) is 0.467. The summed E-state index contributed by atoms with van der Waals surface area (Å²) in [6.07, 6.45) is 6.68. The highest BCUT2D eigenvalue weighted by molar-refractivity contribution is 5.48. The lowest BCUT2D eigenvalue weighted by molar-refractivity contribution is 0.170. The van der Waals surface area contributed by atoms with Gasteiger partial charge < -0.3 is 10.0 Å². The van der Waals surface area contributed by atoms with Crippen LogP contribution in [0.15, 0.2) is 36.4 Å². The molecule has 0 bridgehead atoms. The summed E-state index contributed by atoms with van der Waals surface area (Å²) in [6.45, 7) is 2.28. The second-order valence-electron chi connectivity index (χ2n) is 5.17. The third-order valence-corrected chi connectivity index (χ3v) is 3.42. The van der Waals surface area contributed by atoms with Gasteiger partial charge in [-0.1, -0.05) is 42.5 Å². The lowest BCUT2D eigenvalue weighted by Crippen LogP contribution is -2.28. The topological polar surface area (TPSA) is 23.5 Å². The fourth-order valence-corrected chi connectivity index (χ4v) is 2.11. The second kappa shape index (κ2) is 5.48. The first-order valence-electron chi connectivity index (χ1n) is 6.25. The van der Waals surface area contributed by atoms with Gasteiger partial charge >= 0.3 is 0 Å². The minimum Gasteiger partial charge on any atom is -0.396 e. The summed E-state index contributed by atoms with van der Waals surface area (Å²) in [5, 5.41) is 9.26. The number of aliphatic hydroxyl groups is 1. The molecule has 1 aromatic rings. The van der Waals surface area contributed by atoms with Crippen molar-refractivity contribution in [2.75, 3.05) is 26.7 Å². The molecule has 0 saturated heterocycles. The Morgan fingerprint density at radius 2 is 2.00 bits per heavy atom. The summed E-state index contributed by atoms with van der Waals surface area (Å²) in [5.41, 5.74) is 1.46. The Hall–Kier alpha value is -1.12. The second-order valence-corrected chi connectivity index (χ2v) is 5.17. The van der Waals surface area contributed by atoms with E-state index in [1.807, 2.05) is 18.2 Å². The number of hydrogen-bond acceptors (Lipinski definition) is 2. The van der Waals surface area contributed by atoms with Gasteiger partial charge in [0.05, 0.1) is 0 Å². The molecule has 0 heterocycles. The van der Waals surface area contributed by atoms with Crippen LogP contribution in [0.25, 0.3) is 6.08 Å². The molecule has 2 heteroatoms. The first-order valence-corrected chi connectivity index (χ1v) is 6.25. The van der Waals surface area contributed by atoms with Gasteiger partial charge in [-0.05, 0) is 25.5 Å². The molecule has 0 aliphatic heterocycles. The van der Waals surface area contributed by atoms with Gasteiger partial charge in [0.2, 0.25) is 0 Å². The Morgan fingerprint density at radius 3 is 2.59 bits per heavy atom. The normalized spacial score (nSPS) is 17.8. The number of hydrogen-bond donors (Lipinski definition) is 1. The zero-order valence-electron chi connectivity index (χ0n) is 10.5. The summed E-state index contributed by atoms with van der Waals surface area (Å²) in [5.74, 6) is 0. The van der Waals surface area contributed by atoms with E-state index in [0.717, 1.165) is 13.1 Å². The third kappa shape index (κ3) is 3.69. The van der Waals surface area contributed by atoms with Crippen LogP contribution in [0.4, 0.5) is 0 Å². The van der Waals surface area contributed by atoms with Crippen molar-refractivity contribution in [1.82, 2.24) is 4.90 Å². The SMILES string of the molecule is CN(C/C=C/c1ccccc1)CC1(CO)CC1. The molecule has 92 valence electrons. The number of benzene rings is 1. The van der Waals surface area contributed by atoms with Gasteiger partial charge in [0.1, 0.15) is 0 Å². The van der Waals surface area contributed by atoms with Crippen molar-refractivity contribution in [1.29, 1.82) is 0 Å². The van der Waals surface area contributed by atoms with E-state index >= 15 is 0 Å². The van der Waals surface area contributed by atoms with Crippen LogP contribution in [0, 0.1) is 5.41 Å². The monoisotopic (exact) mass is 231 g/mol. The lowest BCUT2D eigenvalue weighted by Gasteiger charge is -2.20. The van der Waals surface area contributed by atoms with Crippen LogP contribution in [0.3, 0.4) is 0 Å². The Morgan fingerprint density at radius 1 is 1.29 bits per heavy atom. The van der Waals surface area contributed by atoms with Crippen molar-refractivity contribution >= 4 is 6.08 Å². The molecule has 2 nitrogen and oxygen atoms in total. The van der Waals surface area contributed by atoms with E-state index in [1.54, 1.807) is 0 Å². The van der Waals surface area contributed by atoms with Crippen LogP contribution in [0.1, 0.15) is 18.4 Å². The molecule has 0 radical (unpaired) electrons. The summed E-state index contributed by atoms with van der Waals surface area (Å²) in [4.78, 5) is 2.28. The Balaban J connectivity index is 1.76. The zero-order valence-corrected chi connectivity index (χ0v) is 10.5. The van der Waals surface area contributed by atoms with E-state index in [9.17, 15) is 5.11 Å². The number of nitrogens with zero attached hydrogens (tertiary/aromatic N) is 1. The molecule has 1 saturated carbocycles. The van der Waals surface area contributed by atoms with E-state index in [0.29, 0.717) is 6.61 Å². The van der Waals surface area contributed by atoms with Crippen LogP contribution in [-0.2, 0) is 0 Å². The Kier molecular flexibility index (Phi) is 3.97. The quantitative estimate of drug-likeness (QED) is 0.812. The fourth-order valence-electron chi connectivity index (χ4n) is 2.11. The molecular formula is C15H21NO. The third-order valence-electron chi connectivity index (χ3n) is 3.42. The molecular weight excluding hydrogens is 210 g/mol. The lowest BCUT2D eigenvalue weighted by atomic mass is 10.1. The predicted molar refractivity (Wildman–Crippen MR) is 71.7 cm³/mol. The van der Waals surface area contributed by atoms with E-state index < -0.39 is 0 Å². The molecule has 0 aromatic heterocycles. The largest absolute Gasteiger partial charge is 0.396 e. The molecule has 1 aliphatic rings. The van der Waals surface area contributed by atoms with Gasteiger partial charge in [0.25, 0.3) is 0 Å². The van der Waals surface area contributed by atoms with Gasteiger partial charge in [-0.25, -0.2) is 0 Å². The number of aliphatic hydroxyl groups excluding tert-OH is 1. The van der Waals surface area contributed by atoms with Crippen LogP contribution in [-0.4, -0.2) is 36.8 Å². The molecule has 1 fully saturated rings. The molecule has 2 rings (SSSR count). The predicted octanol–water partition coefficient (Wildman–Crippen LogP) is 2.40. The van der Waals surface area contributed by atoms with Gasteiger partial charge in [-0.15, -0.1) is 0 Å². The highest BCUT2D eigenvalue weighted by atomic mass is 16.3. The smallest absolute Gasteiger partial charge is 0.0499 e. The maximum atomic E-state index is 9.26. The molecule has 0 amide bonds. The van der Waals surface area contributed by atoms with E-state index in [-0.39, 0.29) is 5.41 Å². The molecule has 0 atom stereocenters.